The van der Waals surface area contributed by atoms with Gasteiger partial charge in [-0.1, -0.05) is 0 Å². The smallest absolute Gasteiger partial charge is 0.373 e. The number of aromatic amines is 2. The molecule has 2 aromatic heterocycles. The number of nitrogens with one attached hydrogen (secondary N) is 2. The van der Waals surface area contributed by atoms with E-state index in [2.05, 4.69) is 20.4 Å². The molecule has 2 aromatic rings. The molecule has 4 N–H and O–H groups in total. The van der Waals surface area contributed by atoms with Crippen molar-refractivity contribution in [2.75, 3.05) is 0 Å². The van der Waals surface area contributed by atoms with Crippen molar-refractivity contribution in [2.24, 2.45) is 0 Å². The van der Waals surface area contributed by atoms with E-state index in [0.29, 0.717) is 0 Å². The number of H-pyrrole nitrogens is 2. The SMILES string of the molecule is O=C(O)c1nnc(-c2nnc(C([O-])O)[nH]c2=O)c(=O)[nH]1. The molecule has 1 unspecified atom stereocenters. The van der Waals surface area contributed by atoms with Gasteiger partial charge in [-0.2, -0.15) is 0 Å². The summed E-state index contributed by atoms with van der Waals surface area (Å²) < 4.78 is 0. The molecule has 0 bridgehead atoms. The molecule has 12 nitrogen and oxygen atoms in total. The highest BCUT2D eigenvalue weighted by Crippen LogP contribution is 2.01. The van der Waals surface area contributed by atoms with E-state index in [1.807, 2.05) is 9.97 Å². The second kappa shape index (κ2) is 4.94. The molecule has 12 heteroatoms. The van der Waals surface area contributed by atoms with E-state index in [9.17, 15) is 19.5 Å². The Kier molecular flexibility index (Phi) is 3.32. The average Bonchev–Trinajstić information content (AvgIpc) is 2.38. The fourth-order valence-corrected chi connectivity index (χ4v) is 1.20. The third-order valence-corrected chi connectivity index (χ3v) is 2.07. The number of carboxylic acid groups (broad SMARTS) is 1. The van der Waals surface area contributed by atoms with Crippen molar-refractivity contribution >= 4 is 5.97 Å². The summed E-state index contributed by atoms with van der Waals surface area (Å²) >= 11 is 0. The molecule has 0 radical (unpaired) electrons. The number of aromatic carboxylic acids is 1. The van der Waals surface area contributed by atoms with Gasteiger partial charge in [0.15, 0.2) is 11.4 Å². The van der Waals surface area contributed by atoms with Crippen LogP contribution in [0.1, 0.15) is 22.7 Å². The van der Waals surface area contributed by atoms with Gasteiger partial charge in [-0.05, 0) is 0 Å². The summed E-state index contributed by atoms with van der Waals surface area (Å²) in [5.41, 5.74) is -3.17. The van der Waals surface area contributed by atoms with Gasteiger partial charge in [0.1, 0.15) is 5.82 Å². The van der Waals surface area contributed by atoms with E-state index in [-0.39, 0.29) is 0 Å². The van der Waals surface area contributed by atoms with Crippen LogP contribution in [0, 0.1) is 0 Å². The summed E-state index contributed by atoms with van der Waals surface area (Å²) in [4.78, 5) is 37.5. The summed E-state index contributed by atoms with van der Waals surface area (Å²) in [6.45, 7) is 0. The Morgan fingerprint density at radius 2 is 1.60 bits per heavy atom. The van der Waals surface area contributed by atoms with Gasteiger partial charge >= 0.3 is 5.97 Å². The molecule has 0 amide bonds. The number of hydrogen-bond donors (Lipinski definition) is 4. The number of carbonyl (C=O) groups is 1. The van der Waals surface area contributed by atoms with Gasteiger partial charge in [-0.15, -0.1) is 20.4 Å². The quantitative estimate of drug-likeness (QED) is 0.407. The molecule has 2 heterocycles. The lowest BCUT2D eigenvalue weighted by Crippen LogP contribution is -2.27. The first kappa shape index (κ1) is 13.4. The van der Waals surface area contributed by atoms with Gasteiger partial charge in [-0.25, -0.2) is 4.79 Å². The third kappa shape index (κ3) is 2.40. The standard InChI is InChI=1S/C8H5N6O6/c15-5-1(11-13-3(9-5)7(17)18)2-6(16)10-4(8(19)20)14-12-2/h7,17H,(H,19,20)(H,9,13,15)(H,10,14,16)/q-1. The molecular weight excluding hydrogens is 276 g/mol. The van der Waals surface area contributed by atoms with Crippen molar-refractivity contribution in [3.8, 4) is 11.4 Å². The third-order valence-electron chi connectivity index (χ3n) is 2.07. The van der Waals surface area contributed by atoms with Crippen LogP contribution in [0.4, 0.5) is 0 Å². The first-order valence-electron chi connectivity index (χ1n) is 4.91. The fraction of sp³-hybridized carbons (Fsp3) is 0.125. The van der Waals surface area contributed by atoms with Crippen LogP contribution < -0.4 is 16.2 Å². The normalized spacial score (nSPS) is 12.1. The predicted octanol–water partition coefficient (Wildman–Crippen LogP) is -3.64. The minimum atomic E-state index is -2.29. The van der Waals surface area contributed by atoms with Gasteiger partial charge in [0.05, 0.1) is 0 Å². The first-order valence-corrected chi connectivity index (χ1v) is 4.91. The van der Waals surface area contributed by atoms with Gasteiger partial charge in [0.25, 0.3) is 11.1 Å². The van der Waals surface area contributed by atoms with E-state index in [0.717, 1.165) is 0 Å². The Morgan fingerprint density at radius 1 is 1.05 bits per heavy atom. The number of aliphatic hydroxyl groups excluding tert-OH is 1. The molecule has 0 saturated heterocycles. The Labute approximate surface area is 107 Å². The zero-order valence-electron chi connectivity index (χ0n) is 9.39. The van der Waals surface area contributed by atoms with Gasteiger partial charge in [0, 0.05) is 6.29 Å². The van der Waals surface area contributed by atoms with E-state index in [4.69, 9.17) is 10.2 Å². The Balaban J connectivity index is 2.55. The zero-order valence-corrected chi connectivity index (χ0v) is 9.39. The minimum absolute atomic E-state index is 0.569. The number of rotatable bonds is 3. The topological polar surface area (TPSA) is 198 Å². The first-order chi connectivity index (χ1) is 9.40. The van der Waals surface area contributed by atoms with Crippen molar-refractivity contribution in [2.45, 2.75) is 6.29 Å². The lowest BCUT2D eigenvalue weighted by molar-refractivity contribution is -0.493. The van der Waals surface area contributed by atoms with Gasteiger partial charge in [-0.3, -0.25) is 14.6 Å². The highest BCUT2D eigenvalue weighted by molar-refractivity contribution is 5.82. The van der Waals surface area contributed by atoms with Crippen molar-refractivity contribution < 1.29 is 20.1 Å². The Morgan fingerprint density at radius 3 is 2.05 bits per heavy atom. The summed E-state index contributed by atoms with van der Waals surface area (Å²) in [5, 5.41) is 40.8. The minimum Gasteiger partial charge on any atom is -0.825 e. The molecule has 1 atom stereocenters. The van der Waals surface area contributed by atoms with Crippen LogP contribution >= 0.6 is 0 Å². The maximum absolute atomic E-state index is 11.6. The van der Waals surface area contributed by atoms with Crippen LogP contribution in [0.15, 0.2) is 9.59 Å². The second-order valence-electron chi connectivity index (χ2n) is 3.40. The summed E-state index contributed by atoms with van der Waals surface area (Å²) in [5.74, 6) is -2.86. The largest absolute Gasteiger partial charge is 0.825 e. The lowest BCUT2D eigenvalue weighted by Gasteiger charge is -2.11. The Bertz CT molecular complexity index is 780. The monoisotopic (exact) mass is 281 g/mol. The molecule has 104 valence electrons. The van der Waals surface area contributed by atoms with Crippen LogP contribution in [-0.4, -0.2) is 46.5 Å². The number of aromatic nitrogens is 6. The molecule has 20 heavy (non-hydrogen) atoms. The molecule has 2 rings (SSSR count). The summed E-state index contributed by atoms with van der Waals surface area (Å²) in [6, 6.07) is 0. The molecule has 0 spiro atoms. The molecule has 0 aliphatic rings. The van der Waals surface area contributed by atoms with Crippen molar-refractivity contribution in [3.05, 3.63) is 32.4 Å². The number of hydrogen-bond acceptors (Lipinski definition) is 9. The molecule has 0 saturated carbocycles. The van der Waals surface area contributed by atoms with Gasteiger partial charge < -0.3 is 20.3 Å². The van der Waals surface area contributed by atoms with Crippen molar-refractivity contribution in [3.63, 3.8) is 0 Å². The summed E-state index contributed by atoms with van der Waals surface area (Å²) in [6.07, 6.45) is -2.29. The molecule has 0 aliphatic carbocycles. The molecule has 0 fully saturated rings. The van der Waals surface area contributed by atoms with Crippen LogP contribution in [0.5, 0.6) is 0 Å². The zero-order chi connectivity index (χ0) is 14.9. The van der Waals surface area contributed by atoms with E-state index in [1.165, 1.54) is 0 Å². The molecule has 0 aromatic carbocycles. The average molecular weight is 281 g/mol. The van der Waals surface area contributed by atoms with Crippen molar-refractivity contribution in [1.82, 2.24) is 30.4 Å². The maximum atomic E-state index is 11.6. The van der Waals surface area contributed by atoms with Crippen LogP contribution in [0.25, 0.3) is 11.4 Å². The van der Waals surface area contributed by atoms with E-state index in [1.54, 1.807) is 0 Å². The highest BCUT2D eigenvalue weighted by Gasteiger charge is 2.16. The predicted molar refractivity (Wildman–Crippen MR) is 56.2 cm³/mol. The van der Waals surface area contributed by atoms with Crippen LogP contribution in [-0.2, 0) is 0 Å². The Hall–Kier alpha value is -2.99. The lowest BCUT2D eigenvalue weighted by atomic mass is 10.3. The second-order valence-corrected chi connectivity index (χ2v) is 3.40. The molecule has 0 aliphatic heterocycles. The number of nitrogens with zero attached hydrogens (tertiary/aromatic N) is 4. The maximum Gasteiger partial charge on any atom is 0.373 e. The number of carboxylic acids is 1. The molecular formula is C8H5N6O6-. The van der Waals surface area contributed by atoms with E-state index >= 15 is 0 Å². The summed E-state index contributed by atoms with van der Waals surface area (Å²) in [7, 11) is 0. The number of aliphatic hydroxyl groups is 1. The fourth-order valence-electron chi connectivity index (χ4n) is 1.20. The highest BCUT2D eigenvalue weighted by atomic mass is 16.5. The van der Waals surface area contributed by atoms with Crippen molar-refractivity contribution in [1.29, 1.82) is 0 Å². The van der Waals surface area contributed by atoms with Crippen LogP contribution in [0.2, 0.25) is 0 Å². The van der Waals surface area contributed by atoms with E-state index < -0.39 is 46.4 Å². The van der Waals surface area contributed by atoms with Gasteiger partial charge in [0.2, 0.25) is 5.82 Å². The van der Waals surface area contributed by atoms with Crippen LogP contribution in [0.3, 0.4) is 0 Å².